The molecule has 2 heterocycles. The van der Waals surface area contributed by atoms with Crippen LogP contribution in [0.4, 0.5) is 0 Å². The third-order valence-electron chi connectivity index (χ3n) is 5.59. The smallest absolute Gasteiger partial charge is 0.340 e. The number of esters is 1. The molecule has 1 aliphatic heterocycles. The SMILES string of the molecule is Cc1[nH]c(C(=O)N2CCC[C@H](C(=O)NCc3ccccc3)C2)c(C)c1C(=O)OC(C)C. The van der Waals surface area contributed by atoms with Crippen LogP contribution in [-0.4, -0.2) is 46.9 Å². The van der Waals surface area contributed by atoms with E-state index in [1.165, 1.54) is 0 Å². The van der Waals surface area contributed by atoms with E-state index >= 15 is 0 Å². The summed E-state index contributed by atoms with van der Waals surface area (Å²) in [5.74, 6) is -0.910. The molecule has 0 radical (unpaired) electrons. The van der Waals surface area contributed by atoms with Crippen LogP contribution in [0.1, 0.15) is 64.4 Å². The van der Waals surface area contributed by atoms with E-state index in [9.17, 15) is 14.4 Å². The van der Waals surface area contributed by atoms with Gasteiger partial charge in [0.25, 0.3) is 5.91 Å². The van der Waals surface area contributed by atoms with Crippen LogP contribution < -0.4 is 5.32 Å². The van der Waals surface area contributed by atoms with Gasteiger partial charge in [0.1, 0.15) is 5.69 Å². The minimum atomic E-state index is -0.433. The molecule has 2 N–H and O–H groups in total. The molecule has 166 valence electrons. The molecule has 1 fully saturated rings. The molecule has 2 aromatic rings. The molecule has 1 aromatic carbocycles. The van der Waals surface area contributed by atoms with Crippen LogP contribution in [0.2, 0.25) is 0 Å². The maximum atomic E-state index is 13.2. The maximum absolute atomic E-state index is 13.2. The third-order valence-corrected chi connectivity index (χ3v) is 5.59. The number of rotatable bonds is 6. The molecule has 31 heavy (non-hydrogen) atoms. The Morgan fingerprint density at radius 2 is 1.90 bits per heavy atom. The summed E-state index contributed by atoms with van der Waals surface area (Å²) in [6.07, 6.45) is 1.27. The first-order valence-corrected chi connectivity index (χ1v) is 10.8. The summed E-state index contributed by atoms with van der Waals surface area (Å²) in [6.45, 7) is 8.52. The number of piperidine rings is 1. The van der Waals surface area contributed by atoms with Crippen molar-refractivity contribution in [1.29, 1.82) is 0 Å². The predicted octanol–water partition coefficient (Wildman–Crippen LogP) is 3.37. The standard InChI is InChI=1S/C24H31N3O4/c1-15(2)31-24(30)20-16(3)21(26-17(20)4)23(29)27-12-8-11-19(14-27)22(28)25-13-18-9-6-5-7-10-18/h5-7,9-10,15,19,26H,8,11-14H2,1-4H3,(H,25,28)/t19-/m0/s1. The highest BCUT2D eigenvalue weighted by molar-refractivity contribution is 6.00. The number of nitrogens with zero attached hydrogens (tertiary/aromatic N) is 1. The van der Waals surface area contributed by atoms with Crippen molar-refractivity contribution in [2.45, 2.75) is 53.2 Å². The van der Waals surface area contributed by atoms with Gasteiger partial charge in [-0.15, -0.1) is 0 Å². The number of hydrogen-bond acceptors (Lipinski definition) is 4. The van der Waals surface area contributed by atoms with Gasteiger partial charge in [-0.2, -0.15) is 0 Å². The Morgan fingerprint density at radius 3 is 2.58 bits per heavy atom. The van der Waals surface area contributed by atoms with Gasteiger partial charge in [0, 0.05) is 25.3 Å². The quantitative estimate of drug-likeness (QED) is 0.694. The first-order chi connectivity index (χ1) is 14.8. The number of nitrogens with one attached hydrogen (secondary N) is 2. The van der Waals surface area contributed by atoms with Gasteiger partial charge in [-0.1, -0.05) is 30.3 Å². The van der Waals surface area contributed by atoms with Crippen LogP contribution in [0.5, 0.6) is 0 Å². The molecule has 7 heteroatoms. The lowest BCUT2D eigenvalue weighted by Crippen LogP contribution is -2.45. The van der Waals surface area contributed by atoms with Gasteiger partial charge in [-0.05, 0) is 51.7 Å². The average Bonchev–Trinajstić information content (AvgIpc) is 3.05. The zero-order valence-corrected chi connectivity index (χ0v) is 18.7. The van der Waals surface area contributed by atoms with Gasteiger partial charge in [0.15, 0.2) is 0 Å². The highest BCUT2D eigenvalue weighted by atomic mass is 16.5. The van der Waals surface area contributed by atoms with E-state index in [0.717, 1.165) is 18.4 Å². The van der Waals surface area contributed by atoms with Crippen LogP contribution in [0, 0.1) is 19.8 Å². The van der Waals surface area contributed by atoms with E-state index in [4.69, 9.17) is 4.74 Å². The van der Waals surface area contributed by atoms with Gasteiger partial charge in [-0.25, -0.2) is 4.79 Å². The molecule has 0 saturated carbocycles. The summed E-state index contributed by atoms with van der Waals surface area (Å²) in [5.41, 5.74) is 3.03. The van der Waals surface area contributed by atoms with Crippen molar-refractivity contribution in [3.8, 4) is 0 Å². The van der Waals surface area contributed by atoms with Crippen molar-refractivity contribution in [3.63, 3.8) is 0 Å². The number of likely N-dealkylation sites (tertiary alicyclic amines) is 1. The number of aromatic amines is 1. The van der Waals surface area contributed by atoms with Crippen LogP contribution in [0.15, 0.2) is 30.3 Å². The van der Waals surface area contributed by atoms with E-state index < -0.39 is 5.97 Å². The summed E-state index contributed by atoms with van der Waals surface area (Å²) >= 11 is 0. The highest BCUT2D eigenvalue weighted by Crippen LogP contribution is 2.24. The number of aromatic nitrogens is 1. The minimum absolute atomic E-state index is 0.0399. The van der Waals surface area contributed by atoms with Gasteiger partial charge in [-0.3, -0.25) is 9.59 Å². The number of ether oxygens (including phenoxy) is 1. The zero-order valence-electron chi connectivity index (χ0n) is 18.7. The number of aryl methyl sites for hydroxylation is 1. The largest absolute Gasteiger partial charge is 0.459 e. The summed E-state index contributed by atoms with van der Waals surface area (Å²) in [7, 11) is 0. The zero-order chi connectivity index (χ0) is 22.5. The first-order valence-electron chi connectivity index (χ1n) is 10.8. The van der Waals surface area contributed by atoms with Crippen LogP contribution in [-0.2, 0) is 16.1 Å². The van der Waals surface area contributed by atoms with Gasteiger partial charge < -0.3 is 19.9 Å². The van der Waals surface area contributed by atoms with Crippen molar-refractivity contribution in [2.24, 2.45) is 5.92 Å². The minimum Gasteiger partial charge on any atom is -0.459 e. The lowest BCUT2D eigenvalue weighted by Gasteiger charge is -2.32. The molecule has 0 spiro atoms. The molecule has 0 bridgehead atoms. The Labute approximate surface area is 183 Å². The lowest BCUT2D eigenvalue weighted by molar-refractivity contribution is -0.126. The van der Waals surface area contributed by atoms with Crippen LogP contribution >= 0.6 is 0 Å². The molecule has 1 aromatic heterocycles. The molecule has 2 amide bonds. The molecule has 0 unspecified atom stereocenters. The number of carbonyl (C=O) groups excluding carboxylic acids is 3. The van der Waals surface area contributed by atoms with Crippen molar-refractivity contribution in [3.05, 3.63) is 58.4 Å². The fourth-order valence-electron chi connectivity index (χ4n) is 4.01. The first kappa shape index (κ1) is 22.6. The molecular weight excluding hydrogens is 394 g/mol. The second-order valence-electron chi connectivity index (χ2n) is 8.37. The second kappa shape index (κ2) is 9.81. The van der Waals surface area contributed by atoms with Gasteiger partial charge in [0.2, 0.25) is 5.91 Å². The number of benzene rings is 1. The maximum Gasteiger partial charge on any atom is 0.340 e. The molecule has 3 rings (SSSR count). The number of amides is 2. The van der Waals surface area contributed by atoms with E-state index in [2.05, 4.69) is 10.3 Å². The average molecular weight is 426 g/mol. The Bertz CT molecular complexity index is 949. The monoisotopic (exact) mass is 425 g/mol. The second-order valence-corrected chi connectivity index (χ2v) is 8.37. The van der Waals surface area contributed by atoms with Crippen molar-refractivity contribution < 1.29 is 19.1 Å². The highest BCUT2D eigenvalue weighted by Gasteiger charge is 2.31. The molecule has 1 saturated heterocycles. The Kier molecular flexibility index (Phi) is 7.15. The number of carbonyl (C=O) groups is 3. The lowest BCUT2D eigenvalue weighted by atomic mass is 9.96. The van der Waals surface area contributed by atoms with Crippen molar-refractivity contribution in [2.75, 3.05) is 13.1 Å². The fraction of sp³-hybridized carbons (Fsp3) is 0.458. The summed E-state index contributed by atoms with van der Waals surface area (Å²) < 4.78 is 5.31. The summed E-state index contributed by atoms with van der Waals surface area (Å²) in [5, 5.41) is 2.98. The van der Waals surface area contributed by atoms with Crippen molar-refractivity contribution >= 4 is 17.8 Å². The molecular formula is C24H31N3O4. The Balaban J connectivity index is 1.67. The van der Waals surface area contributed by atoms with Gasteiger partial charge >= 0.3 is 5.97 Å². The molecule has 1 aliphatic rings. The van der Waals surface area contributed by atoms with E-state index in [-0.39, 0.29) is 23.8 Å². The summed E-state index contributed by atoms with van der Waals surface area (Å²) in [6, 6.07) is 9.75. The van der Waals surface area contributed by atoms with E-state index in [1.54, 1.807) is 32.6 Å². The van der Waals surface area contributed by atoms with Crippen LogP contribution in [0.3, 0.4) is 0 Å². The topological polar surface area (TPSA) is 91.5 Å². The van der Waals surface area contributed by atoms with Gasteiger partial charge in [0.05, 0.1) is 17.6 Å². The fourth-order valence-corrected chi connectivity index (χ4v) is 4.01. The van der Waals surface area contributed by atoms with Crippen LogP contribution in [0.25, 0.3) is 0 Å². The Hall–Kier alpha value is -3.09. The predicted molar refractivity (Wildman–Crippen MR) is 118 cm³/mol. The summed E-state index contributed by atoms with van der Waals surface area (Å²) in [4.78, 5) is 43.0. The molecule has 7 nitrogen and oxygen atoms in total. The normalized spacial score (nSPS) is 16.3. The number of hydrogen-bond donors (Lipinski definition) is 2. The van der Waals surface area contributed by atoms with E-state index in [0.29, 0.717) is 42.1 Å². The number of H-pyrrole nitrogens is 1. The Morgan fingerprint density at radius 1 is 1.19 bits per heavy atom. The molecule has 1 atom stereocenters. The third kappa shape index (κ3) is 5.34. The van der Waals surface area contributed by atoms with E-state index in [1.807, 2.05) is 30.3 Å². The van der Waals surface area contributed by atoms with Crippen molar-refractivity contribution in [1.82, 2.24) is 15.2 Å². The molecule has 0 aliphatic carbocycles.